The molecule has 0 unspecified atom stereocenters. The molecule has 0 bridgehead atoms. The van der Waals surface area contributed by atoms with Gasteiger partial charge in [-0.3, -0.25) is 4.79 Å². The highest BCUT2D eigenvalue weighted by Gasteiger charge is 2.16. The Morgan fingerprint density at radius 2 is 2.15 bits per heavy atom. The largest absolute Gasteiger partial charge is 0.347 e. The van der Waals surface area contributed by atoms with E-state index in [4.69, 9.17) is 0 Å². The molecule has 0 aliphatic heterocycles. The first-order chi connectivity index (χ1) is 5.88. The van der Waals surface area contributed by atoms with Gasteiger partial charge in [0.15, 0.2) is 5.13 Å². The Labute approximate surface area is 80.8 Å². The predicted molar refractivity (Wildman–Crippen MR) is 51.5 cm³/mol. The summed E-state index contributed by atoms with van der Waals surface area (Å²) in [5.74, 6) is -0.229. The zero-order valence-corrected chi connectivity index (χ0v) is 8.67. The second-order valence-electron chi connectivity index (χ2n) is 3.84. The van der Waals surface area contributed by atoms with Crippen molar-refractivity contribution in [2.24, 2.45) is 0 Å². The molecule has 1 amide bonds. The average Bonchev–Trinajstić information content (AvgIpc) is 2.31. The molecule has 0 aromatic carbocycles. The molecule has 1 aromatic rings. The van der Waals surface area contributed by atoms with Gasteiger partial charge in [0.25, 0.3) is 5.91 Å². The van der Waals surface area contributed by atoms with Crippen LogP contribution in [0.5, 0.6) is 0 Å². The van der Waals surface area contributed by atoms with Gasteiger partial charge in [-0.15, -0.1) is 11.3 Å². The van der Waals surface area contributed by atoms with Crippen LogP contribution in [-0.4, -0.2) is 11.4 Å². The maximum atomic E-state index is 12.6. The lowest BCUT2D eigenvalue weighted by Gasteiger charge is -2.19. The zero-order valence-electron chi connectivity index (χ0n) is 7.85. The minimum Gasteiger partial charge on any atom is -0.347 e. The number of nitrogens with one attached hydrogen (secondary N) is 1. The molecule has 0 aliphatic carbocycles. The quantitative estimate of drug-likeness (QED) is 0.742. The maximum Gasteiger partial charge on any atom is 0.252 e. The molecule has 2 nitrogen and oxygen atoms in total. The number of rotatable bonds is 1. The number of hydrogen-bond acceptors (Lipinski definition) is 2. The summed E-state index contributed by atoms with van der Waals surface area (Å²) in [5.41, 5.74) is 0.104. The van der Waals surface area contributed by atoms with Crippen LogP contribution in [0.2, 0.25) is 0 Å². The summed E-state index contributed by atoms with van der Waals surface area (Å²) in [7, 11) is 0. The highest BCUT2D eigenvalue weighted by molar-refractivity contribution is 7.08. The summed E-state index contributed by atoms with van der Waals surface area (Å²) < 4.78 is 12.6. The van der Waals surface area contributed by atoms with Gasteiger partial charge in [-0.1, -0.05) is 0 Å². The summed E-state index contributed by atoms with van der Waals surface area (Å²) in [4.78, 5) is 11.4. The summed E-state index contributed by atoms with van der Waals surface area (Å²) in [5, 5.41) is 3.93. The Bertz CT molecular complexity index is 314. The topological polar surface area (TPSA) is 29.1 Å². The Balaban J connectivity index is 2.70. The fourth-order valence-corrected chi connectivity index (χ4v) is 1.45. The van der Waals surface area contributed by atoms with E-state index < -0.39 is 0 Å². The molecule has 1 rings (SSSR count). The average molecular weight is 201 g/mol. The molecule has 0 saturated carbocycles. The summed E-state index contributed by atoms with van der Waals surface area (Å²) in [6.07, 6.45) is 0. The van der Waals surface area contributed by atoms with Crippen molar-refractivity contribution >= 4 is 17.2 Å². The van der Waals surface area contributed by atoms with Crippen molar-refractivity contribution in [3.8, 4) is 0 Å². The lowest BCUT2D eigenvalue weighted by atomic mass is 10.1. The fourth-order valence-electron chi connectivity index (χ4n) is 0.842. The van der Waals surface area contributed by atoms with Crippen LogP contribution in [0.1, 0.15) is 31.1 Å². The van der Waals surface area contributed by atoms with Crippen molar-refractivity contribution in [1.82, 2.24) is 5.32 Å². The van der Waals surface area contributed by atoms with E-state index in [0.29, 0.717) is 5.56 Å². The second-order valence-corrected chi connectivity index (χ2v) is 4.71. The number of carbonyl (C=O) groups is 1. The molecule has 4 heteroatoms. The third-order valence-electron chi connectivity index (χ3n) is 1.32. The minimum atomic E-state index is -0.334. The highest BCUT2D eigenvalue weighted by Crippen LogP contribution is 2.13. The normalized spacial score (nSPS) is 11.4. The molecule has 0 radical (unpaired) electrons. The van der Waals surface area contributed by atoms with Crippen molar-refractivity contribution in [3.05, 3.63) is 22.1 Å². The molecule has 0 atom stereocenters. The van der Waals surface area contributed by atoms with Crippen molar-refractivity contribution in [1.29, 1.82) is 0 Å². The number of thiophene rings is 1. The van der Waals surface area contributed by atoms with Crippen molar-refractivity contribution in [2.75, 3.05) is 0 Å². The molecule has 1 N–H and O–H groups in total. The van der Waals surface area contributed by atoms with Crippen LogP contribution in [0, 0.1) is 5.13 Å². The fraction of sp³-hybridized carbons (Fsp3) is 0.444. The SMILES string of the molecule is CC(C)(C)NC(=O)c1csc(F)c1. The molecular weight excluding hydrogens is 189 g/mol. The van der Waals surface area contributed by atoms with Crippen LogP contribution in [0.25, 0.3) is 0 Å². The van der Waals surface area contributed by atoms with Gasteiger partial charge in [-0.25, -0.2) is 0 Å². The van der Waals surface area contributed by atoms with Crippen LogP contribution >= 0.6 is 11.3 Å². The maximum absolute atomic E-state index is 12.6. The molecule has 0 saturated heterocycles. The number of carbonyl (C=O) groups excluding carboxylic acids is 1. The van der Waals surface area contributed by atoms with Gasteiger partial charge in [-0.05, 0) is 26.8 Å². The molecule has 1 aromatic heterocycles. The standard InChI is InChI=1S/C9H12FNOS/c1-9(2,3)11-8(12)6-4-7(10)13-5-6/h4-5H,1-3H3,(H,11,12). The van der Waals surface area contributed by atoms with Crippen molar-refractivity contribution < 1.29 is 9.18 Å². The van der Waals surface area contributed by atoms with E-state index in [1.165, 1.54) is 11.4 Å². The van der Waals surface area contributed by atoms with E-state index in [-0.39, 0.29) is 16.6 Å². The summed E-state index contributed by atoms with van der Waals surface area (Å²) in [6.45, 7) is 5.65. The molecule has 72 valence electrons. The van der Waals surface area contributed by atoms with Crippen LogP contribution in [0.4, 0.5) is 4.39 Å². The number of amides is 1. The van der Waals surface area contributed by atoms with Crippen LogP contribution in [0.15, 0.2) is 11.4 Å². The smallest absolute Gasteiger partial charge is 0.252 e. The van der Waals surface area contributed by atoms with E-state index in [1.54, 1.807) is 0 Å². The predicted octanol–water partition coefficient (Wildman–Crippen LogP) is 2.42. The third-order valence-corrected chi connectivity index (χ3v) is 2.03. The first-order valence-corrected chi connectivity index (χ1v) is 4.83. The summed E-state index contributed by atoms with van der Waals surface area (Å²) >= 11 is 0.931. The zero-order chi connectivity index (χ0) is 10.1. The molecule has 0 fully saturated rings. The van der Waals surface area contributed by atoms with E-state index >= 15 is 0 Å². The van der Waals surface area contributed by atoms with Crippen LogP contribution < -0.4 is 5.32 Å². The Hall–Kier alpha value is -0.900. The van der Waals surface area contributed by atoms with Gasteiger partial charge >= 0.3 is 0 Å². The van der Waals surface area contributed by atoms with E-state index in [2.05, 4.69) is 5.32 Å². The lowest BCUT2D eigenvalue weighted by molar-refractivity contribution is 0.0920. The Kier molecular flexibility index (Phi) is 2.71. The first kappa shape index (κ1) is 10.2. The Morgan fingerprint density at radius 1 is 1.54 bits per heavy atom. The van der Waals surface area contributed by atoms with Gasteiger partial charge < -0.3 is 5.32 Å². The van der Waals surface area contributed by atoms with Gasteiger partial charge in [-0.2, -0.15) is 4.39 Å². The molecule has 0 spiro atoms. The third kappa shape index (κ3) is 3.14. The molecule has 1 heterocycles. The van der Waals surface area contributed by atoms with Gasteiger partial charge in [0.05, 0.1) is 5.56 Å². The van der Waals surface area contributed by atoms with Crippen LogP contribution in [0.3, 0.4) is 0 Å². The summed E-state index contributed by atoms with van der Waals surface area (Å²) in [6, 6.07) is 1.24. The molecule has 0 aliphatic rings. The molecular formula is C9H12FNOS. The van der Waals surface area contributed by atoms with Gasteiger partial charge in [0.1, 0.15) is 0 Å². The Morgan fingerprint density at radius 3 is 2.54 bits per heavy atom. The highest BCUT2D eigenvalue weighted by atomic mass is 32.1. The second kappa shape index (κ2) is 3.46. The van der Waals surface area contributed by atoms with E-state index in [0.717, 1.165) is 11.3 Å². The van der Waals surface area contributed by atoms with Gasteiger partial charge in [0, 0.05) is 10.9 Å². The van der Waals surface area contributed by atoms with Crippen molar-refractivity contribution in [3.63, 3.8) is 0 Å². The lowest BCUT2D eigenvalue weighted by Crippen LogP contribution is -2.40. The number of halogens is 1. The van der Waals surface area contributed by atoms with Gasteiger partial charge in [0.2, 0.25) is 0 Å². The van der Waals surface area contributed by atoms with E-state index in [9.17, 15) is 9.18 Å². The van der Waals surface area contributed by atoms with Crippen molar-refractivity contribution in [2.45, 2.75) is 26.3 Å². The number of hydrogen-bond donors (Lipinski definition) is 1. The first-order valence-electron chi connectivity index (χ1n) is 3.95. The van der Waals surface area contributed by atoms with E-state index in [1.807, 2.05) is 20.8 Å². The monoisotopic (exact) mass is 201 g/mol. The molecule has 13 heavy (non-hydrogen) atoms. The van der Waals surface area contributed by atoms with Crippen LogP contribution in [-0.2, 0) is 0 Å². The minimum absolute atomic E-state index is 0.229.